The molecule has 156 valence electrons. The predicted molar refractivity (Wildman–Crippen MR) is 123 cm³/mol. The number of hydrogen-bond donors (Lipinski definition) is 0. The molecule has 0 unspecified atom stereocenters. The lowest BCUT2D eigenvalue weighted by Crippen LogP contribution is -2.68. The fraction of sp³-hybridized carbons (Fsp3) is 0.400. The van der Waals surface area contributed by atoms with Crippen LogP contribution in [-0.4, -0.2) is 27.0 Å². The third kappa shape index (κ3) is 5.06. The van der Waals surface area contributed by atoms with E-state index in [1.54, 1.807) is 6.08 Å². The SMILES string of the molecule is C=CC[C@H](C(=O)OCC)[C@@H](C)O[Si](c1ccccc1)(c1ccccc1)C(C)(C)C. The van der Waals surface area contributed by atoms with E-state index in [1.165, 1.54) is 10.4 Å². The summed E-state index contributed by atoms with van der Waals surface area (Å²) in [4.78, 5) is 12.6. The number of benzene rings is 2. The lowest BCUT2D eigenvalue weighted by atomic mass is 10.0. The van der Waals surface area contributed by atoms with Gasteiger partial charge >= 0.3 is 5.97 Å². The van der Waals surface area contributed by atoms with Gasteiger partial charge in [0.15, 0.2) is 0 Å². The molecule has 29 heavy (non-hydrogen) atoms. The maximum absolute atomic E-state index is 12.6. The first kappa shape index (κ1) is 23.1. The second kappa shape index (κ2) is 10.0. The minimum Gasteiger partial charge on any atom is -0.466 e. The van der Waals surface area contributed by atoms with Gasteiger partial charge in [-0.2, -0.15) is 0 Å². The Morgan fingerprint density at radius 2 is 1.52 bits per heavy atom. The third-order valence-electron chi connectivity index (χ3n) is 5.36. The maximum atomic E-state index is 12.6. The highest BCUT2D eigenvalue weighted by Gasteiger charge is 2.52. The maximum Gasteiger partial charge on any atom is 0.311 e. The zero-order valence-electron chi connectivity index (χ0n) is 18.4. The fourth-order valence-electron chi connectivity index (χ4n) is 3.96. The number of carbonyl (C=O) groups is 1. The standard InChI is InChI=1S/C25H34O3Si/c1-7-15-23(24(26)27-8-2)20(3)28-29(25(4,5)6,21-16-11-9-12-17-21)22-18-13-10-14-19-22/h7,9-14,16-20,23H,1,8,15H2,2-6H3/t20-,23+/m1/s1. The highest BCUT2D eigenvalue weighted by atomic mass is 28.4. The Balaban J connectivity index is 2.61. The number of hydrogen-bond acceptors (Lipinski definition) is 3. The Hall–Kier alpha value is -2.17. The second-order valence-corrected chi connectivity index (χ2v) is 12.6. The molecule has 3 nitrogen and oxygen atoms in total. The Bertz CT molecular complexity index is 741. The second-order valence-electron chi connectivity index (χ2n) is 8.37. The van der Waals surface area contributed by atoms with Gasteiger partial charge in [-0.3, -0.25) is 4.79 Å². The van der Waals surface area contributed by atoms with E-state index in [1.807, 2.05) is 26.0 Å². The third-order valence-corrected chi connectivity index (χ3v) is 10.5. The molecule has 4 heteroatoms. The van der Waals surface area contributed by atoms with E-state index < -0.39 is 8.32 Å². The summed E-state index contributed by atoms with van der Waals surface area (Å²) in [5, 5.41) is 2.26. The lowest BCUT2D eigenvalue weighted by molar-refractivity contribution is -0.151. The zero-order valence-corrected chi connectivity index (χ0v) is 19.4. The van der Waals surface area contributed by atoms with Crippen LogP contribution in [0.2, 0.25) is 5.04 Å². The van der Waals surface area contributed by atoms with Crippen LogP contribution in [0.3, 0.4) is 0 Å². The van der Waals surface area contributed by atoms with E-state index in [9.17, 15) is 4.79 Å². The van der Waals surface area contributed by atoms with Crippen molar-refractivity contribution in [1.82, 2.24) is 0 Å². The van der Waals surface area contributed by atoms with E-state index >= 15 is 0 Å². The van der Waals surface area contributed by atoms with Crippen LogP contribution < -0.4 is 10.4 Å². The minimum absolute atomic E-state index is 0.142. The molecule has 0 N–H and O–H groups in total. The first-order valence-corrected chi connectivity index (χ1v) is 12.2. The molecule has 0 aliphatic rings. The summed E-state index contributed by atoms with van der Waals surface area (Å²) in [5.74, 6) is -0.605. The number of carbonyl (C=O) groups excluding carboxylic acids is 1. The molecule has 0 radical (unpaired) electrons. The average Bonchev–Trinajstić information content (AvgIpc) is 2.70. The molecule has 0 bridgehead atoms. The van der Waals surface area contributed by atoms with Gasteiger partial charge in [0.2, 0.25) is 0 Å². The van der Waals surface area contributed by atoms with Crippen LogP contribution in [0.25, 0.3) is 0 Å². The molecule has 2 aromatic rings. The predicted octanol–water partition coefficient (Wildman–Crippen LogP) is 4.71. The van der Waals surface area contributed by atoms with Crippen LogP contribution >= 0.6 is 0 Å². The van der Waals surface area contributed by atoms with Crippen LogP contribution in [0.1, 0.15) is 41.0 Å². The highest BCUT2D eigenvalue weighted by molar-refractivity contribution is 6.99. The van der Waals surface area contributed by atoms with Gasteiger partial charge in [0.1, 0.15) is 0 Å². The van der Waals surface area contributed by atoms with Crippen molar-refractivity contribution in [2.75, 3.05) is 6.61 Å². The summed E-state index contributed by atoms with van der Waals surface area (Å²) in [7, 11) is -2.72. The number of ether oxygens (including phenoxy) is 1. The largest absolute Gasteiger partial charge is 0.466 e. The van der Waals surface area contributed by atoms with Crippen LogP contribution in [0.4, 0.5) is 0 Å². The van der Waals surface area contributed by atoms with Crippen molar-refractivity contribution in [3.05, 3.63) is 73.3 Å². The summed E-state index contributed by atoms with van der Waals surface area (Å²) in [5.41, 5.74) is 0. The van der Waals surface area contributed by atoms with Crippen molar-refractivity contribution in [2.24, 2.45) is 5.92 Å². The Kier molecular flexibility index (Phi) is 8.00. The van der Waals surface area contributed by atoms with Crippen molar-refractivity contribution >= 4 is 24.7 Å². The number of rotatable bonds is 9. The molecular formula is C25H34O3Si. The molecule has 0 heterocycles. The molecule has 0 aliphatic heterocycles. The number of esters is 1. The van der Waals surface area contributed by atoms with E-state index in [2.05, 4.69) is 75.9 Å². The molecule has 0 spiro atoms. The molecule has 2 aromatic carbocycles. The lowest BCUT2D eigenvalue weighted by Gasteiger charge is -2.45. The fourth-order valence-corrected chi connectivity index (χ4v) is 8.70. The normalized spacial score (nSPS) is 14.1. The van der Waals surface area contributed by atoms with Crippen molar-refractivity contribution < 1.29 is 14.0 Å². The average molecular weight is 411 g/mol. The van der Waals surface area contributed by atoms with Crippen molar-refractivity contribution in [3.63, 3.8) is 0 Å². The van der Waals surface area contributed by atoms with Gasteiger partial charge in [-0.15, -0.1) is 6.58 Å². The van der Waals surface area contributed by atoms with E-state index in [-0.39, 0.29) is 23.0 Å². The molecule has 0 fully saturated rings. The molecule has 0 saturated carbocycles. The Morgan fingerprint density at radius 1 is 1.03 bits per heavy atom. The van der Waals surface area contributed by atoms with Gasteiger partial charge in [-0.1, -0.05) is 87.5 Å². The van der Waals surface area contributed by atoms with Crippen molar-refractivity contribution in [3.8, 4) is 0 Å². The summed E-state index contributed by atoms with van der Waals surface area (Å²) < 4.78 is 12.4. The first-order chi connectivity index (χ1) is 13.8. The zero-order chi connectivity index (χ0) is 21.5. The van der Waals surface area contributed by atoms with Crippen LogP contribution in [-0.2, 0) is 14.0 Å². The molecule has 0 aliphatic carbocycles. The van der Waals surface area contributed by atoms with Crippen molar-refractivity contribution in [2.45, 2.75) is 52.2 Å². The van der Waals surface area contributed by atoms with Crippen LogP contribution in [0.15, 0.2) is 73.3 Å². The smallest absolute Gasteiger partial charge is 0.311 e. The molecule has 0 saturated heterocycles. The quantitative estimate of drug-likeness (QED) is 0.341. The Morgan fingerprint density at radius 3 is 1.90 bits per heavy atom. The minimum atomic E-state index is -2.72. The summed E-state index contributed by atoms with van der Waals surface area (Å²) in [6.07, 6.45) is 1.99. The van der Waals surface area contributed by atoms with Crippen LogP contribution in [0.5, 0.6) is 0 Å². The van der Waals surface area contributed by atoms with Gasteiger partial charge in [0.25, 0.3) is 8.32 Å². The monoisotopic (exact) mass is 410 g/mol. The highest BCUT2D eigenvalue weighted by Crippen LogP contribution is 2.38. The summed E-state index contributed by atoms with van der Waals surface area (Å²) >= 11 is 0. The molecule has 0 amide bonds. The van der Waals surface area contributed by atoms with E-state index in [0.717, 1.165) is 0 Å². The van der Waals surface area contributed by atoms with E-state index in [4.69, 9.17) is 9.16 Å². The van der Waals surface area contributed by atoms with Gasteiger partial charge in [-0.25, -0.2) is 0 Å². The molecule has 2 rings (SSSR count). The van der Waals surface area contributed by atoms with Gasteiger partial charge in [0.05, 0.1) is 18.6 Å². The topological polar surface area (TPSA) is 35.5 Å². The van der Waals surface area contributed by atoms with Crippen LogP contribution in [0, 0.1) is 5.92 Å². The number of allylic oxidation sites excluding steroid dienone is 1. The van der Waals surface area contributed by atoms with Gasteiger partial charge in [0, 0.05) is 0 Å². The van der Waals surface area contributed by atoms with E-state index in [0.29, 0.717) is 13.0 Å². The molecule has 0 aromatic heterocycles. The van der Waals surface area contributed by atoms with Gasteiger partial charge < -0.3 is 9.16 Å². The molecule has 2 atom stereocenters. The van der Waals surface area contributed by atoms with Crippen molar-refractivity contribution in [1.29, 1.82) is 0 Å². The summed E-state index contributed by atoms with van der Waals surface area (Å²) in [6.45, 7) is 14.7. The Labute approximate surface area is 176 Å². The summed E-state index contributed by atoms with van der Waals surface area (Å²) in [6, 6.07) is 20.9. The van der Waals surface area contributed by atoms with Gasteiger partial charge in [-0.05, 0) is 35.7 Å². The first-order valence-electron chi connectivity index (χ1n) is 10.3. The molecular weight excluding hydrogens is 376 g/mol.